The van der Waals surface area contributed by atoms with E-state index in [0.29, 0.717) is 6.54 Å². The predicted octanol–water partition coefficient (Wildman–Crippen LogP) is 3.21. The maximum atomic E-state index is 5.45. The standard InChI is InChI=1S/C21H27N5O/c1-4-22-21(26(2)15-16-9-5-8-12-19(16)27-3)23-14-13-20-24-17-10-6-7-11-18(17)25-20/h5-12H,4,13-15H2,1-3H3,(H,22,23)(H,24,25). The molecule has 0 aliphatic heterocycles. The number of nitrogens with one attached hydrogen (secondary N) is 2. The molecular weight excluding hydrogens is 338 g/mol. The summed E-state index contributed by atoms with van der Waals surface area (Å²) in [5, 5.41) is 3.36. The van der Waals surface area contributed by atoms with Crippen molar-refractivity contribution in [1.82, 2.24) is 20.2 Å². The lowest BCUT2D eigenvalue weighted by atomic mass is 10.2. The van der Waals surface area contributed by atoms with Gasteiger partial charge in [0, 0.05) is 38.7 Å². The number of imidazole rings is 1. The summed E-state index contributed by atoms with van der Waals surface area (Å²) in [4.78, 5) is 14.8. The first-order valence-corrected chi connectivity index (χ1v) is 9.26. The summed E-state index contributed by atoms with van der Waals surface area (Å²) in [5.41, 5.74) is 3.19. The molecular formula is C21H27N5O. The monoisotopic (exact) mass is 365 g/mol. The molecule has 0 saturated carbocycles. The molecule has 6 nitrogen and oxygen atoms in total. The lowest BCUT2D eigenvalue weighted by Crippen LogP contribution is -2.38. The van der Waals surface area contributed by atoms with E-state index in [9.17, 15) is 0 Å². The van der Waals surface area contributed by atoms with Crippen LogP contribution < -0.4 is 10.1 Å². The number of rotatable bonds is 7. The Morgan fingerprint density at radius 2 is 1.96 bits per heavy atom. The van der Waals surface area contributed by atoms with Crippen LogP contribution in [0.25, 0.3) is 11.0 Å². The first kappa shape index (κ1) is 18.8. The quantitative estimate of drug-likeness (QED) is 0.498. The molecule has 3 aromatic rings. The van der Waals surface area contributed by atoms with E-state index in [4.69, 9.17) is 9.73 Å². The third-order valence-electron chi connectivity index (χ3n) is 4.35. The molecule has 2 N–H and O–H groups in total. The number of ether oxygens (including phenoxy) is 1. The molecule has 0 fully saturated rings. The Balaban J connectivity index is 1.66. The molecule has 6 heteroatoms. The van der Waals surface area contributed by atoms with Gasteiger partial charge in [-0.05, 0) is 25.1 Å². The van der Waals surface area contributed by atoms with E-state index < -0.39 is 0 Å². The number of fused-ring (bicyclic) bond motifs is 1. The highest BCUT2D eigenvalue weighted by Crippen LogP contribution is 2.18. The number of aromatic amines is 1. The van der Waals surface area contributed by atoms with E-state index in [1.807, 2.05) is 49.5 Å². The summed E-state index contributed by atoms with van der Waals surface area (Å²) in [6.45, 7) is 4.28. The molecule has 0 radical (unpaired) electrons. The zero-order valence-corrected chi connectivity index (χ0v) is 16.2. The van der Waals surface area contributed by atoms with E-state index in [2.05, 4.69) is 33.2 Å². The maximum Gasteiger partial charge on any atom is 0.193 e. The van der Waals surface area contributed by atoms with Crippen LogP contribution in [0.4, 0.5) is 0 Å². The summed E-state index contributed by atoms with van der Waals surface area (Å²) in [6.07, 6.45) is 0.770. The van der Waals surface area contributed by atoms with Crippen LogP contribution in [0, 0.1) is 0 Å². The normalized spacial score (nSPS) is 11.6. The van der Waals surface area contributed by atoms with Gasteiger partial charge in [0.1, 0.15) is 11.6 Å². The molecule has 27 heavy (non-hydrogen) atoms. The molecule has 0 atom stereocenters. The summed E-state index contributed by atoms with van der Waals surface area (Å²) >= 11 is 0. The molecule has 1 aromatic heterocycles. The lowest BCUT2D eigenvalue weighted by molar-refractivity contribution is 0.396. The molecule has 0 spiro atoms. The Bertz CT molecular complexity index is 869. The third-order valence-corrected chi connectivity index (χ3v) is 4.35. The number of aliphatic imine (C=N–C) groups is 1. The Kier molecular flexibility index (Phi) is 6.30. The van der Waals surface area contributed by atoms with Crippen LogP contribution in [0.1, 0.15) is 18.3 Å². The van der Waals surface area contributed by atoms with Gasteiger partial charge in [0.15, 0.2) is 5.96 Å². The molecule has 3 rings (SSSR count). The molecule has 1 heterocycles. The van der Waals surface area contributed by atoms with Crippen molar-refractivity contribution in [2.24, 2.45) is 4.99 Å². The van der Waals surface area contributed by atoms with E-state index >= 15 is 0 Å². The number of guanidine groups is 1. The van der Waals surface area contributed by atoms with Gasteiger partial charge in [0.25, 0.3) is 0 Å². The van der Waals surface area contributed by atoms with Crippen molar-refractivity contribution < 1.29 is 4.74 Å². The summed E-state index contributed by atoms with van der Waals surface area (Å²) in [7, 11) is 3.74. The van der Waals surface area contributed by atoms with Crippen LogP contribution >= 0.6 is 0 Å². The van der Waals surface area contributed by atoms with Crippen molar-refractivity contribution in [3.05, 3.63) is 59.9 Å². The highest BCUT2D eigenvalue weighted by atomic mass is 16.5. The highest BCUT2D eigenvalue weighted by molar-refractivity contribution is 5.79. The van der Waals surface area contributed by atoms with E-state index in [-0.39, 0.29) is 0 Å². The zero-order chi connectivity index (χ0) is 19.1. The van der Waals surface area contributed by atoms with Gasteiger partial charge in [-0.3, -0.25) is 4.99 Å². The topological polar surface area (TPSA) is 65.5 Å². The van der Waals surface area contributed by atoms with Gasteiger partial charge in [0.05, 0.1) is 18.1 Å². The first-order valence-electron chi connectivity index (χ1n) is 9.26. The fraction of sp³-hybridized carbons (Fsp3) is 0.333. The number of hydrogen-bond donors (Lipinski definition) is 2. The zero-order valence-electron chi connectivity index (χ0n) is 16.2. The smallest absolute Gasteiger partial charge is 0.193 e. The van der Waals surface area contributed by atoms with Crippen molar-refractivity contribution in [3.63, 3.8) is 0 Å². The summed E-state index contributed by atoms with van der Waals surface area (Å²) in [5.74, 6) is 2.73. The van der Waals surface area contributed by atoms with Gasteiger partial charge in [-0.2, -0.15) is 0 Å². The predicted molar refractivity (Wildman–Crippen MR) is 110 cm³/mol. The summed E-state index contributed by atoms with van der Waals surface area (Å²) < 4.78 is 5.45. The van der Waals surface area contributed by atoms with Gasteiger partial charge < -0.3 is 19.9 Å². The second-order valence-corrected chi connectivity index (χ2v) is 6.35. The van der Waals surface area contributed by atoms with Crippen molar-refractivity contribution >= 4 is 17.0 Å². The fourth-order valence-corrected chi connectivity index (χ4v) is 3.03. The molecule has 0 saturated heterocycles. The largest absolute Gasteiger partial charge is 0.496 e. The van der Waals surface area contributed by atoms with Crippen molar-refractivity contribution in [3.8, 4) is 5.75 Å². The van der Waals surface area contributed by atoms with Gasteiger partial charge in [-0.1, -0.05) is 30.3 Å². The Hall–Kier alpha value is -3.02. The second kappa shape index (κ2) is 9.07. The molecule has 0 aliphatic carbocycles. The van der Waals surface area contributed by atoms with Gasteiger partial charge in [-0.25, -0.2) is 4.98 Å². The third kappa shape index (κ3) is 4.78. The van der Waals surface area contributed by atoms with Crippen LogP contribution in [-0.2, 0) is 13.0 Å². The highest BCUT2D eigenvalue weighted by Gasteiger charge is 2.10. The molecule has 0 bridgehead atoms. The van der Waals surface area contributed by atoms with Crippen LogP contribution in [0.15, 0.2) is 53.5 Å². The van der Waals surface area contributed by atoms with Gasteiger partial charge in [0.2, 0.25) is 0 Å². The van der Waals surface area contributed by atoms with E-state index in [1.165, 1.54) is 0 Å². The number of benzene rings is 2. The SMILES string of the molecule is CCNC(=NCCc1nc2ccccc2[nH]1)N(C)Cc1ccccc1OC. The molecule has 0 aliphatic rings. The minimum Gasteiger partial charge on any atom is -0.496 e. The number of hydrogen-bond acceptors (Lipinski definition) is 3. The average molecular weight is 365 g/mol. The van der Waals surface area contributed by atoms with Crippen molar-refractivity contribution in [1.29, 1.82) is 0 Å². The minimum atomic E-state index is 0.665. The van der Waals surface area contributed by atoms with Crippen LogP contribution in [0.3, 0.4) is 0 Å². The van der Waals surface area contributed by atoms with E-state index in [1.54, 1.807) is 7.11 Å². The first-order chi connectivity index (χ1) is 13.2. The van der Waals surface area contributed by atoms with Crippen molar-refractivity contribution in [2.45, 2.75) is 19.9 Å². The maximum absolute atomic E-state index is 5.45. The number of para-hydroxylation sites is 3. The lowest BCUT2D eigenvalue weighted by Gasteiger charge is -2.23. The van der Waals surface area contributed by atoms with Crippen molar-refractivity contribution in [2.75, 3.05) is 27.2 Å². The Morgan fingerprint density at radius 1 is 1.19 bits per heavy atom. The van der Waals surface area contributed by atoms with E-state index in [0.717, 1.165) is 53.6 Å². The Morgan fingerprint density at radius 3 is 2.74 bits per heavy atom. The molecule has 142 valence electrons. The summed E-state index contributed by atoms with van der Waals surface area (Å²) in [6, 6.07) is 16.1. The molecule has 2 aromatic carbocycles. The van der Waals surface area contributed by atoms with Gasteiger partial charge in [-0.15, -0.1) is 0 Å². The number of aromatic nitrogens is 2. The number of nitrogens with zero attached hydrogens (tertiary/aromatic N) is 3. The molecule has 0 amide bonds. The minimum absolute atomic E-state index is 0.665. The van der Waals surface area contributed by atoms with Crippen LogP contribution in [0.2, 0.25) is 0 Å². The van der Waals surface area contributed by atoms with Crippen LogP contribution in [0.5, 0.6) is 5.75 Å². The average Bonchev–Trinajstić information content (AvgIpc) is 3.10. The Labute approximate surface area is 160 Å². The number of H-pyrrole nitrogens is 1. The van der Waals surface area contributed by atoms with Gasteiger partial charge >= 0.3 is 0 Å². The van der Waals surface area contributed by atoms with Crippen LogP contribution in [-0.4, -0.2) is 48.1 Å². The number of methoxy groups -OCH3 is 1. The fourth-order valence-electron chi connectivity index (χ4n) is 3.03. The second-order valence-electron chi connectivity index (χ2n) is 6.35. The molecule has 0 unspecified atom stereocenters.